The Kier molecular flexibility index (Phi) is 5.10. The minimum absolute atomic E-state index is 0.176. The summed E-state index contributed by atoms with van der Waals surface area (Å²) in [7, 11) is 0. The van der Waals surface area contributed by atoms with Crippen molar-refractivity contribution < 1.29 is 4.42 Å². The summed E-state index contributed by atoms with van der Waals surface area (Å²) in [5.74, 6) is 1.12. The van der Waals surface area contributed by atoms with Gasteiger partial charge in [-0.2, -0.15) is 0 Å². The molecule has 2 heteroatoms. The number of hydrogen-bond acceptors (Lipinski definition) is 2. The van der Waals surface area contributed by atoms with Crippen molar-refractivity contribution in [3.8, 4) is 0 Å². The fourth-order valence-corrected chi connectivity index (χ4v) is 2.71. The number of fused-ring (bicyclic) bond motifs is 1. The molecule has 1 aromatic carbocycles. The van der Waals surface area contributed by atoms with Crippen molar-refractivity contribution in [2.45, 2.75) is 65.8 Å². The first-order valence-corrected chi connectivity index (χ1v) is 8.22. The van der Waals surface area contributed by atoms with E-state index in [2.05, 4.69) is 58.1 Å². The summed E-state index contributed by atoms with van der Waals surface area (Å²) in [6.45, 7) is 13.1. The molecule has 0 atom stereocenters. The molecule has 1 aromatic heterocycles. The standard InChI is InChI=1S/C19H29NO/c1-6-8-15-16-12-14(19(3,4)5)9-10-17(16)21-18(15)13-20-11-7-2/h9-10,12,20H,6-8,11,13H2,1-5H3. The van der Waals surface area contributed by atoms with Gasteiger partial charge in [-0.1, -0.05) is 47.1 Å². The lowest BCUT2D eigenvalue weighted by Gasteiger charge is -2.18. The Morgan fingerprint density at radius 3 is 2.48 bits per heavy atom. The third-order valence-electron chi connectivity index (χ3n) is 3.95. The summed E-state index contributed by atoms with van der Waals surface area (Å²) in [5, 5.41) is 4.77. The molecule has 0 saturated carbocycles. The minimum Gasteiger partial charge on any atom is -0.459 e. The van der Waals surface area contributed by atoms with Crippen molar-refractivity contribution in [3.05, 3.63) is 35.1 Å². The van der Waals surface area contributed by atoms with Gasteiger partial charge in [0.2, 0.25) is 0 Å². The second kappa shape index (κ2) is 6.65. The Bertz CT molecular complexity index is 589. The molecule has 0 aliphatic rings. The van der Waals surface area contributed by atoms with Gasteiger partial charge in [-0.05, 0) is 42.5 Å². The maximum atomic E-state index is 6.10. The highest BCUT2D eigenvalue weighted by molar-refractivity contribution is 5.83. The zero-order valence-electron chi connectivity index (χ0n) is 14.2. The number of rotatable bonds is 6. The van der Waals surface area contributed by atoms with E-state index in [9.17, 15) is 0 Å². The molecule has 0 fully saturated rings. The lowest BCUT2D eigenvalue weighted by Crippen LogP contribution is -2.14. The van der Waals surface area contributed by atoms with Crippen LogP contribution in [0.4, 0.5) is 0 Å². The van der Waals surface area contributed by atoms with Crippen molar-refractivity contribution in [1.82, 2.24) is 5.32 Å². The Hall–Kier alpha value is -1.28. The molecule has 0 unspecified atom stereocenters. The van der Waals surface area contributed by atoms with Crippen LogP contribution in [0.25, 0.3) is 11.0 Å². The van der Waals surface area contributed by atoms with Crippen LogP contribution < -0.4 is 5.32 Å². The monoisotopic (exact) mass is 287 g/mol. The maximum absolute atomic E-state index is 6.10. The van der Waals surface area contributed by atoms with Gasteiger partial charge < -0.3 is 9.73 Å². The third-order valence-corrected chi connectivity index (χ3v) is 3.95. The van der Waals surface area contributed by atoms with E-state index >= 15 is 0 Å². The van der Waals surface area contributed by atoms with Gasteiger partial charge >= 0.3 is 0 Å². The zero-order chi connectivity index (χ0) is 15.5. The first-order chi connectivity index (χ1) is 9.97. The summed E-state index contributed by atoms with van der Waals surface area (Å²) < 4.78 is 6.10. The molecule has 0 bridgehead atoms. The van der Waals surface area contributed by atoms with Crippen molar-refractivity contribution in [2.24, 2.45) is 0 Å². The van der Waals surface area contributed by atoms with Gasteiger partial charge in [0.05, 0.1) is 6.54 Å². The number of furan rings is 1. The normalized spacial score (nSPS) is 12.2. The quantitative estimate of drug-likeness (QED) is 0.740. The van der Waals surface area contributed by atoms with Gasteiger partial charge in [0, 0.05) is 10.9 Å². The number of aryl methyl sites for hydroxylation is 1. The second-order valence-corrected chi connectivity index (χ2v) is 6.89. The van der Waals surface area contributed by atoms with Crippen LogP contribution in [0.15, 0.2) is 22.6 Å². The summed E-state index contributed by atoms with van der Waals surface area (Å²) in [6.07, 6.45) is 3.39. The Labute approximate surface area is 128 Å². The highest BCUT2D eigenvalue weighted by Crippen LogP contribution is 2.32. The second-order valence-electron chi connectivity index (χ2n) is 6.89. The lowest BCUT2D eigenvalue weighted by atomic mass is 9.86. The number of benzene rings is 1. The van der Waals surface area contributed by atoms with E-state index in [1.165, 1.54) is 16.5 Å². The molecule has 0 amide bonds. The smallest absolute Gasteiger partial charge is 0.134 e. The molecule has 0 radical (unpaired) electrons. The van der Waals surface area contributed by atoms with Gasteiger partial charge in [-0.15, -0.1) is 0 Å². The molecule has 0 aliphatic carbocycles. The van der Waals surface area contributed by atoms with E-state index in [0.717, 1.165) is 43.7 Å². The maximum Gasteiger partial charge on any atom is 0.134 e. The van der Waals surface area contributed by atoms with Crippen LogP contribution in [0.1, 0.15) is 64.3 Å². The van der Waals surface area contributed by atoms with E-state index in [4.69, 9.17) is 4.42 Å². The topological polar surface area (TPSA) is 25.2 Å². The Morgan fingerprint density at radius 1 is 1.10 bits per heavy atom. The largest absolute Gasteiger partial charge is 0.459 e. The van der Waals surface area contributed by atoms with Crippen LogP contribution in [-0.4, -0.2) is 6.54 Å². The average Bonchev–Trinajstić information content (AvgIpc) is 2.76. The van der Waals surface area contributed by atoms with Crippen molar-refractivity contribution in [1.29, 1.82) is 0 Å². The Balaban J connectivity index is 2.43. The van der Waals surface area contributed by atoms with Crippen LogP contribution in [0.2, 0.25) is 0 Å². The molecule has 2 rings (SSSR count). The number of hydrogen-bond donors (Lipinski definition) is 1. The molecule has 0 saturated heterocycles. The highest BCUT2D eigenvalue weighted by Gasteiger charge is 2.18. The zero-order valence-corrected chi connectivity index (χ0v) is 14.2. The first kappa shape index (κ1) is 16.1. The molecule has 1 N–H and O–H groups in total. The fraction of sp³-hybridized carbons (Fsp3) is 0.579. The molecule has 116 valence electrons. The molecule has 2 aromatic rings. The molecular formula is C19H29NO. The van der Waals surface area contributed by atoms with Gasteiger partial charge in [0.25, 0.3) is 0 Å². The van der Waals surface area contributed by atoms with Gasteiger partial charge in [0.15, 0.2) is 0 Å². The molecule has 1 heterocycles. The van der Waals surface area contributed by atoms with Crippen LogP contribution >= 0.6 is 0 Å². The SMILES string of the molecule is CCCNCc1oc2ccc(C(C)(C)C)cc2c1CCC. The van der Waals surface area contributed by atoms with Crippen LogP contribution in [-0.2, 0) is 18.4 Å². The minimum atomic E-state index is 0.176. The lowest BCUT2D eigenvalue weighted by molar-refractivity contribution is 0.506. The molecule has 2 nitrogen and oxygen atoms in total. The average molecular weight is 287 g/mol. The van der Waals surface area contributed by atoms with Crippen LogP contribution in [0, 0.1) is 0 Å². The van der Waals surface area contributed by atoms with Gasteiger partial charge in [-0.3, -0.25) is 0 Å². The molecule has 21 heavy (non-hydrogen) atoms. The molecule has 0 aliphatic heterocycles. The van der Waals surface area contributed by atoms with E-state index in [1.54, 1.807) is 0 Å². The van der Waals surface area contributed by atoms with Crippen LogP contribution in [0.3, 0.4) is 0 Å². The predicted molar refractivity (Wildman–Crippen MR) is 90.9 cm³/mol. The Morgan fingerprint density at radius 2 is 1.86 bits per heavy atom. The van der Waals surface area contributed by atoms with Crippen LogP contribution in [0.5, 0.6) is 0 Å². The van der Waals surface area contributed by atoms with Crippen molar-refractivity contribution >= 4 is 11.0 Å². The fourth-order valence-electron chi connectivity index (χ4n) is 2.71. The third kappa shape index (κ3) is 3.68. The number of nitrogens with one attached hydrogen (secondary N) is 1. The van der Waals surface area contributed by atoms with E-state index < -0.39 is 0 Å². The molecule has 0 spiro atoms. The summed E-state index contributed by atoms with van der Waals surface area (Å²) in [4.78, 5) is 0. The van der Waals surface area contributed by atoms with E-state index in [0.29, 0.717) is 0 Å². The van der Waals surface area contributed by atoms with Gasteiger partial charge in [0.1, 0.15) is 11.3 Å². The van der Waals surface area contributed by atoms with Gasteiger partial charge in [-0.25, -0.2) is 0 Å². The van der Waals surface area contributed by atoms with Crippen molar-refractivity contribution in [2.75, 3.05) is 6.54 Å². The van der Waals surface area contributed by atoms with E-state index in [-0.39, 0.29) is 5.41 Å². The summed E-state index contributed by atoms with van der Waals surface area (Å²) >= 11 is 0. The summed E-state index contributed by atoms with van der Waals surface area (Å²) in [6, 6.07) is 6.66. The van der Waals surface area contributed by atoms with Crippen molar-refractivity contribution in [3.63, 3.8) is 0 Å². The highest BCUT2D eigenvalue weighted by atomic mass is 16.3. The predicted octanol–water partition coefficient (Wildman–Crippen LogP) is 5.18. The molecular weight excluding hydrogens is 258 g/mol. The van der Waals surface area contributed by atoms with E-state index in [1.807, 2.05) is 0 Å². The summed E-state index contributed by atoms with van der Waals surface area (Å²) in [5.41, 5.74) is 3.97. The first-order valence-electron chi connectivity index (χ1n) is 8.22.